The van der Waals surface area contributed by atoms with E-state index in [2.05, 4.69) is 6.58 Å². The van der Waals surface area contributed by atoms with E-state index < -0.39 is 77.7 Å². The molecule has 1 aromatic rings. The van der Waals surface area contributed by atoms with Crippen LogP contribution in [0, 0.1) is 17.8 Å². The smallest absolute Gasteiger partial charge is 0.344 e. The van der Waals surface area contributed by atoms with Gasteiger partial charge in [0.2, 0.25) is 23.1 Å². The molecule has 10 atom stereocenters. The van der Waals surface area contributed by atoms with Crippen molar-refractivity contribution in [2.24, 2.45) is 17.8 Å². The van der Waals surface area contributed by atoms with Gasteiger partial charge in [0.1, 0.15) is 12.2 Å². The van der Waals surface area contributed by atoms with Gasteiger partial charge in [-0.3, -0.25) is 4.79 Å². The van der Waals surface area contributed by atoms with Crippen molar-refractivity contribution in [1.82, 2.24) is 0 Å². The number of carboxylic acid groups (broad SMARTS) is 3. The number of hydrogen-bond donors (Lipinski definition) is 5. The van der Waals surface area contributed by atoms with E-state index >= 15 is 0 Å². The van der Waals surface area contributed by atoms with Gasteiger partial charge in [0.15, 0.2) is 6.10 Å². The van der Waals surface area contributed by atoms with Crippen LogP contribution in [0.1, 0.15) is 65.9 Å². The van der Waals surface area contributed by atoms with Crippen molar-refractivity contribution in [2.75, 3.05) is 0 Å². The predicted molar refractivity (Wildman–Crippen MR) is 171 cm³/mol. The molecule has 3 rings (SSSR count). The minimum atomic E-state index is -3.90. The molecule has 2 aliphatic heterocycles. The lowest BCUT2D eigenvalue weighted by Crippen LogP contribution is -2.78. The van der Waals surface area contributed by atoms with Crippen molar-refractivity contribution in [3.05, 3.63) is 60.2 Å². The molecule has 0 amide bonds. The quantitative estimate of drug-likeness (QED) is 0.0682. The Hall–Kier alpha value is -4.11. The zero-order valence-electron chi connectivity index (χ0n) is 28.2. The first kappa shape index (κ1) is 39.3. The summed E-state index contributed by atoms with van der Waals surface area (Å²) in [5, 5.41) is 53.5. The summed E-state index contributed by atoms with van der Waals surface area (Å²) in [7, 11) is 0. The van der Waals surface area contributed by atoms with Crippen molar-refractivity contribution in [2.45, 2.75) is 108 Å². The van der Waals surface area contributed by atoms with Gasteiger partial charge in [-0.2, -0.15) is 0 Å². The molecule has 2 heterocycles. The maximum atomic E-state index is 13.0. The van der Waals surface area contributed by atoms with E-state index in [1.165, 1.54) is 13.0 Å². The number of esters is 2. The van der Waals surface area contributed by atoms with Crippen molar-refractivity contribution in [3.63, 3.8) is 0 Å². The molecule has 5 N–H and O–H groups in total. The number of aliphatic hydroxyl groups excluding tert-OH is 1. The number of carboxylic acids is 3. The Morgan fingerprint density at radius 1 is 1.06 bits per heavy atom. The number of carbonyl (C=O) groups excluding carboxylic acids is 2. The largest absolute Gasteiger partial charge is 0.479 e. The van der Waals surface area contributed by atoms with Gasteiger partial charge in [0, 0.05) is 25.3 Å². The highest BCUT2D eigenvalue weighted by Crippen LogP contribution is 2.56. The molecule has 1 aromatic carbocycles. The van der Waals surface area contributed by atoms with Gasteiger partial charge in [-0.1, -0.05) is 77.1 Å². The average Bonchev–Trinajstić information content (AvgIpc) is 3.25. The third-order valence-corrected chi connectivity index (χ3v) is 9.29. The minimum Gasteiger partial charge on any atom is -0.479 e. The summed E-state index contributed by atoms with van der Waals surface area (Å²) >= 11 is 0. The van der Waals surface area contributed by atoms with E-state index in [1.54, 1.807) is 6.92 Å². The number of fused-ring (bicyclic) bond motifs is 2. The summed E-state index contributed by atoms with van der Waals surface area (Å²) in [6.45, 7) is 12.9. The molecule has 270 valence electrons. The fourth-order valence-corrected chi connectivity index (χ4v) is 6.58. The van der Waals surface area contributed by atoms with Crippen LogP contribution in [0.4, 0.5) is 0 Å². The molecule has 2 aliphatic rings. The number of hydrogen-bond acceptors (Lipinski definition) is 11. The highest BCUT2D eigenvalue weighted by molar-refractivity contribution is 5.98. The van der Waals surface area contributed by atoms with E-state index in [0.717, 1.165) is 18.1 Å². The highest BCUT2D eigenvalue weighted by Gasteiger charge is 2.85. The second-order valence-corrected chi connectivity index (χ2v) is 13.1. The zero-order chi connectivity index (χ0) is 36.9. The van der Waals surface area contributed by atoms with Crippen molar-refractivity contribution in [3.8, 4) is 0 Å². The van der Waals surface area contributed by atoms with Crippen molar-refractivity contribution < 1.29 is 68.5 Å². The maximum absolute atomic E-state index is 13.0. The predicted octanol–water partition coefficient (Wildman–Crippen LogP) is 2.88. The lowest BCUT2D eigenvalue weighted by Gasteiger charge is -2.48. The maximum Gasteiger partial charge on any atom is 0.344 e. The fourth-order valence-electron chi connectivity index (χ4n) is 6.58. The highest BCUT2D eigenvalue weighted by atomic mass is 18.5. The standard InChI is InChI=1S/C35H46O14/c1-7-19(2)17-20(3)13-14-25(37)47-28-27(38)33(48-29(30(39)40)34(45,31(41)42)35(28,49-33)32(43)44)16-15-21(4)26(46-23(6)36)22(5)18-24-11-9-8-10-12-24/h8-14,19-20,22,26-29,38,45H,4,7,15-18H2,1-3,5-6H3,(H,39,40)(H,41,42)(H,43,44)/b14-13+/t19-,20+,22+,26+,27+,28+,29+,33-,34+,35-/m0/s1/i38+2,46+2,47+2,48+2,49+2. The summed E-state index contributed by atoms with van der Waals surface area (Å²) < 4.78 is 22.0. The van der Waals surface area contributed by atoms with Crippen LogP contribution in [0.5, 0.6) is 0 Å². The van der Waals surface area contributed by atoms with Crippen LogP contribution in [-0.2, 0) is 49.3 Å². The van der Waals surface area contributed by atoms with E-state index in [1.807, 2.05) is 51.1 Å². The van der Waals surface area contributed by atoms with Gasteiger partial charge in [-0.25, -0.2) is 19.2 Å². The van der Waals surface area contributed by atoms with Crippen LogP contribution in [0.3, 0.4) is 0 Å². The lowest BCUT2D eigenvalue weighted by atomic mass is 9.76. The second kappa shape index (κ2) is 15.6. The number of allylic oxidation sites excluding steroid dienone is 1. The lowest BCUT2D eigenvalue weighted by molar-refractivity contribution is -0.374. The molecular formula is C35H46O14. The molecule has 0 aliphatic carbocycles. The van der Waals surface area contributed by atoms with Gasteiger partial charge in [-0.15, -0.1) is 0 Å². The van der Waals surface area contributed by atoms with Crippen LogP contribution in [0.15, 0.2) is 54.6 Å². The van der Waals surface area contributed by atoms with Gasteiger partial charge in [0.25, 0.3) is 0 Å². The Balaban J connectivity index is 2.02. The summed E-state index contributed by atoms with van der Waals surface area (Å²) in [5.74, 6) is -11.3. The van der Waals surface area contributed by atoms with Crippen molar-refractivity contribution in [1.29, 1.82) is 0 Å². The molecule has 14 nitrogen and oxygen atoms in total. The van der Waals surface area contributed by atoms with Crippen LogP contribution in [0.25, 0.3) is 0 Å². The van der Waals surface area contributed by atoms with Gasteiger partial charge in [0.05, 0.1) is 0 Å². The molecule has 49 heavy (non-hydrogen) atoms. The molecule has 0 saturated carbocycles. The van der Waals surface area contributed by atoms with Gasteiger partial charge < -0.3 is 44.5 Å². The number of aliphatic hydroxyl groups is 2. The molecule has 2 fully saturated rings. The summed E-state index contributed by atoms with van der Waals surface area (Å²) in [5.41, 5.74) is -6.27. The summed E-state index contributed by atoms with van der Waals surface area (Å²) in [4.78, 5) is 63.0. The first-order valence-corrected chi connectivity index (χ1v) is 16.1. The topological polar surface area (TPSA) is 223 Å². The van der Waals surface area contributed by atoms with E-state index in [9.17, 15) is 49.5 Å². The van der Waals surface area contributed by atoms with Gasteiger partial charge >= 0.3 is 29.8 Å². The Labute approximate surface area is 284 Å². The third-order valence-electron chi connectivity index (χ3n) is 9.29. The van der Waals surface area contributed by atoms with Crippen LogP contribution < -0.4 is 0 Å². The molecule has 0 spiro atoms. The SMILES string of the molecule is C=C(CC[C@]12[18O][C@H](C(=O)O)[C@@](O)(C(=O)O)[C@](C(=O)O)([18O]1)[C@H]([18O]C(=O)/C=C/[C@@H](C)C[C@@H](C)CC)[C@H]2[18OH])[C@@H]([18O]C(C)=O)[C@H](C)Cc1ccccc1. The van der Waals surface area contributed by atoms with E-state index in [-0.39, 0.29) is 23.8 Å². The summed E-state index contributed by atoms with van der Waals surface area (Å²) in [6, 6.07) is 9.29. The van der Waals surface area contributed by atoms with Crippen LogP contribution in [-0.4, -0.2) is 96.8 Å². The number of aliphatic carboxylic acids is 3. The molecule has 2 saturated heterocycles. The Kier molecular flexibility index (Phi) is 12.5. The zero-order valence-corrected chi connectivity index (χ0v) is 28.2. The molecule has 14 heteroatoms. The van der Waals surface area contributed by atoms with Crippen LogP contribution in [0.2, 0.25) is 0 Å². The normalized spacial score (nSPS) is 30.1. The number of ether oxygens (including phenoxy) is 4. The number of carbonyl (C=O) groups is 5. The average molecular weight is 701 g/mol. The second-order valence-electron chi connectivity index (χ2n) is 13.1. The Morgan fingerprint density at radius 3 is 2.22 bits per heavy atom. The molecular weight excluding hydrogens is 654 g/mol. The first-order chi connectivity index (χ1) is 22.9. The fraction of sp³-hybridized carbons (Fsp3) is 0.571. The molecule has 0 aromatic heterocycles. The third kappa shape index (κ3) is 7.88. The first-order valence-electron chi connectivity index (χ1n) is 16.1. The van der Waals surface area contributed by atoms with E-state index in [4.69, 9.17) is 18.9 Å². The Morgan fingerprint density at radius 2 is 1.69 bits per heavy atom. The molecule has 0 radical (unpaired) electrons. The van der Waals surface area contributed by atoms with Crippen molar-refractivity contribution >= 4 is 29.8 Å². The van der Waals surface area contributed by atoms with Crippen LogP contribution >= 0.6 is 0 Å². The van der Waals surface area contributed by atoms with E-state index in [0.29, 0.717) is 18.8 Å². The Bertz CT molecular complexity index is 1440. The number of rotatable bonds is 17. The number of benzene rings is 1. The summed E-state index contributed by atoms with van der Waals surface area (Å²) in [6.07, 6.45) is -4.83. The monoisotopic (exact) mass is 700 g/mol. The molecule has 2 bridgehead atoms. The molecule has 0 unspecified atom stereocenters. The van der Waals surface area contributed by atoms with Gasteiger partial charge in [-0.05, 0) is 42.2 Å². The minimum absolute atomic E-state index is 0.123.